The fourth-order valence-corrected chi connectivity index (χ4v) is 3.93. The van der Waals surface area contributed by atoms with E-state index in [1.807, 2.05) is 6.92 Å². The second-order valence-electron chi connectivity index (χ2n) is 7.96. The molecule has 3 amide bonds. The molecule has 2 N–H and O–H groups in total. The Morgan fingerprint density at radius 2 is 1.62 bits per heavy atom. The van der Waals surface area contributed by atoms with E-state index in [1.165, 1.54) is 24.3 Å². The number of carbonyl (C=O) groups is 4. The zero-order valence-electron chi connectivity index (χ0n) is 19.6. The van der Waals surface area contributed by atoms with E-state index in [1.54, 1.807) is 48.5 Å². The summed E-state index contributed by atoms with van der Waals surface area (Å²) in [7, 11) is 0. The number of nitrogens with one attached hydrogen (secondary N) is 2. The molecule has 0 unspecified atom stereocenters. The summed E-state index contributed by atoms with van der Waals surface area (Å²) in [6.07, 6.45) is 0.659. The zero-order valence-corrected chi connectivity index (χ0v) is 21.1. The van der Waals surface area contributed by atoms with Gasteiger partial charge in [-0.3, -0.25) is 14.4 Å². The normalized spacial score (nSPS) is 13.1. The number of imide groups is 1. The molecule has 8 nitrogen and oxygen atoms in total. The van der Waals surface area contributed by atoms with Crippen molar-refractivity contribution in [1.29, 1.82) is 0 Å². The fourth-order valence-electron chi connectivity index (χ4n) is 3.54. The molecule has 0 atom stereocenters. The molecule has 0 saturated heterocycles. The Balaban J connectivity index is 1.53. The minimum atomic E-state index is -0.749. The molecule has 0 aliphatic carbocycles. The number of rotatable bonds is 8. The van der Waals surface area contributed by atoms with Gasteiger partial charge in [-0.1, -0.05) is 54.4 Å². The molecule has 0 spiro atoms. The molecule has 10 heteroatoms. The first-order valence-electron chi connectivity index (χ1n) is 11.3. The van der Waals surface area contributed by atoms with Crippen LogP contribution in [0.15, 0.2) is 83.5 Å². The van der Waals surface area contributed by atoms with Crippen LogP contribution in [0.25, 0.3) is 0 Å². The number of esters is 1. The molecule has 0 bridgehead atoms. The van der Waals surface area contributed by atoms with Crippen molar-refractivity contribution in [2.75, 3.05) is 22.1 Å². The average Bonchev–Trinajstić information content (AvgIpc) is 3.11. The summed E-state index contributed by atoms with van der Waals surface area (Å²) in [5, 5.41) is 5.63. The maximum Gasteiger partial charge on any atom is 0.338 e. The predicted molar refractivity (Wildman–Crippen MR) is 142 cm³/mol. The smallest absolute Gasteiger partial charge is 0.338 e. The molecule has 0 aromatic heterocycles. The van der Waals surface area contributed by atoms with Gasteiger partial charge in [-0.15, -0.1) is 0 Å². The van der Waals surface area contributed by atoms with Crippen molar-refractivity contribution in [3.8, 4) is 0 Å². The van der Waals surface area contributed by atoms with Gasteiger partial charge < -0.3 is 15.4 Å². The molecule has 4 rings (SSSR count). The number of benzene rings is 3. The Morgan fingerprint density at radius 1 is 0.892 bits per heavy atom. The van der Waals surface area contributed by atoms with Crippen LogP contribution in [0.4, 0.5) is 17.1 Å². The van der Waals surface area contributed by atoms with Gasteiger partial charge in [0.15, 0.2) is 0 Å². The molecule has 3 aromatic rings. The van der Waals surface area contributed by atoms with Crippen molar-refractivity contribution in [3.63, 3.8) is 0 Å². The van der Waals surface area contributed by atoms with Crippen LogP contribution in [0.2, 0.25) is 5.02 Å². The first-order chi connectivity index (χ1) is 17.8. The molecule has 0 saturated carbocycles. The third-order valence-corrected chi connectivity index (χ3v) is 6.00. The summed E-state index contributed by atoms with van der Waals surface area (Å²) in [5.74, 6) is -2.44. The Labute approximate surface area is 222 Å². The van der Waals surface area contributed by atoms with E-state index < -0.39 is 23.7 Å². The third-order valence-electron chi connectivity index (χ3n) is 5.32. The summed E-state index contributed by atoms with van der Waals surface area (Å²) in [5.41, 5.74) is 1.30. The topological polar surface area (TPSA) is 105 Å². The highest BCUT2D eigenvalue weighted by atomic mass is 35.5. The van der Waals surface area contributed by atoms with Gasteiger partial charge in [0.2, 0.25) is 0 Å². The van der Waals surface area contributed by atoms with Crippen LogP contribution in [0.1, 0.15) is 34.1 Å². The Hall–Kier alpha value is -4.14. The molecule has 1 aliphatic rings. The van der Waals surface area contributed by atoms with Gasteiger partial charge in [0.05, 0.1) is 28.6 Å². The van der Waals surface area contributed by atoms with E-state index >= 15 is 0 Å². The number of nitrogens with zero attached hydrogens (tertiary/aromatic N) is 1. The lowest BCUT2D eigenvalue weighted by Crippen LogP contribution is -2.32. The highest BCUT2D eigenvalue weighted by Gasteiger charge is 2.39. The number of hydrogen-bond donors (Lipinski definition) is 2. The first kappa shape index (κ1) is 25.9. The van der Waals surface area contributed by atoms with Gasteiger partial charge in [0.1, 0.15) is 10.7 Å². The van der Waals surface area contributed by atoms with Crippen LogP contribution in [0.3, 0.4) is 0 Å². The quantitative estimate of drug-likeness (QED) is 0.286. The largest absolute Gasteiger partial charge is 0.462 e. The minimum absolute atomic E-state index is 0.158. The van der Waals surface area contributed by atoms with Gasteiger partial charge >= 0.3 is 5.97 Å². The van der Waals surface area contributed by atoms with Crippen LogP contribution in [-0.4, -0.2) is 30.3 Å². The van der Waals surface area contributed by atoms with Crippen molar-refractivity contribution in [3.05, 3.63) is 99.7 Å². The van der Waals surface area contributed by atoms with E-state index in [-0.39, 0.29) is 34.2 Å². The van der Waals surface area contributed by atoms with Crippen molar-refractivity contribution < 1.29 is 23.9 Å². The Kier molecular flexibility index (Phi) is 7.91. The highest BCUT2D eigenvalue weighted by molar-refractivity contribution is 6.53. The SMILES string of the molecule is CCCOC(=O)c1cccc(N2C(=O)C(Cl)=C(Nc3cccc(C(=O)Nc4ccccc4Cl)c3)C2=O)c1. The van der Waals surface area contributed by atoms with Crippen LogP contribution < -0.4 is 15.5 Å². The molecule has 3 aromatic carbocycles. The third kappa shape index (κ3) is 5.66. The van der Waals surface area contributed by atoms with E-state index in [2.05, 4.69) is 10.6 Å². The zero-order chi connectivity index (χ0) is 26.5. The number of halogens is 2. The molecular formula is C27H21Cl2N3O5. The molecular weight excluding hydrogens is 517 g/mol. The fraction of sp³-hybridized carbons (Fsp3) is 0.111. The standard InChI is InChI=1S/C27H21Cl2N3O5/c1-2-13-37-27(36)17-8-6-10-19(15-17)32-25(34)22(29)23(26(32)35)30-18-9-5-7-16(14-18)24(33)31-21-12-4-3-11-20(21)28/h3-12,14-15,30H,2,13H2,1H3,(H,31,33). The van der Waals surface area contributed by atoms with Gasteiger partial charge in [0.25, 0.3) is 17.7 Å². The highest BCUT2D eigenvalue weighted by Crippen LogP contribution is 2.31. The van der Waals surface area contributed by atoms with Gasteiger partial charge in [-0.05, 0) is 55.0 Å². The van der Waals surface area contributed by atoms with E-state index in [0.717, 1.165) is 4.90 Å². The molecule has 1 heterocycles. The van der Waals surface area contributed by atoms with Crippen LogP contribution in [-0.2, 0) is 14.3 Å². The first-order valence-corrected chi connectivity index (χ1v) is 12.0. The lowest BCUT2D eigenvalue weighted by Gasteiger charge is -2.16. The monoisotopic (exact) mass is 537 g/mol. The number of anilines is 3. The van der Waals surface area contributed by atoms with Gasteiger partial charge in [-0.2, -0.15) is 0 Å². The molecule has 37 heavy (non-hydrogen) atoms. The van der Waals surface area contributed by atoms with Crippen molar-refractivity contribution in [1.82, 2.24) is 0 Å². The van der Waals surface area contributed by atoms with Crippen LogP contribution in [0.5, 0.6) is 0 Å². The van der Waals surface area contributed by atoms with Gasteiger partial charge in [-0.25, -0.2) is 9.69 Å². The molecule has 1 aliphatic heterocycles. The summed E-state index contributed by atoms with van der Waals surface area (Å²) in [6, 6.07) is 19.1. The number of ether oxygens (including phenoxy) is 1. The van der Waals surface area contributed by atoms with E-state index in [0.29, 0.717) is 22.8 Å². The van der Waals surface area contributed by atoms with Crippen LogP contribution in [0, 0.1) is 0 Å². The van der Waals surface area contributed by atoms with E-state index in [4.69, 9.17) is 27.9 Å². The molecule has 0 radical (unpaired) electrons. The summed E-state index contributed by atoms with van der Waals surface area (Å²) in [6.45, 7) is 2.12. The molecule has 0 fully saturated rings. The maximum atomic E-state index is 13.2. The summed E-state index contributed by atoms with van der Waals surface area (Å²) < 4.78 is 5.13. The number of carbonyl (C=O) groups excluding carboxylic acids is 4. The van der Waals surface area contributed by atoms with E-state index in [9.17, 15) is 19.2 Å². The predicted octanol–water partition coefficient (Wildman–Crippen LogP) is 5.59. The number of amides is 3. The second-order valence-corrected chi connectivity index (χ2v) is 8.75. The average molecular weight is 538 g/mol. The minimum Gasteiger partial charge on any atom is -0.462 e. The summed E-state index contributed by atoms with van der Waals surface area (Å²) >= 11 is 12.3. The Bertz CT molecular complexity index is 1440. The Morgan fingerprint density at radius 3 is 2.38 bits per heavy atom. The molecule has 188 valence electrons. The lowest BCUT2D eigenvalue weighted by molar-refractivity contribution is -0.120. The number of para-hydroxylation sites is 1. The van der Waals surface area contributed by atoms with Crippen molar-refractivity contribution in [2.24, 2.45) is 0 Å². The maximum absolute atomic E-state index is 13.2. The van der Waals surface area contributed by atoms with Crippen molar-refractivity contribution >= 4 is 64.0 Å². The lowest BCUT2D eigenvalue weighted by atomic mass is 10.1. The number of hydrogen-bond acceptors (Lipinski definition) is 6. The van der Waals surface area contributed by atoms with Gasteiger partial charge in [0, 0.05) is 11.3 Å². The second kappa shape index (κ2) is 11.3. The summed E-state index contributed by atoms with van der Waals surface area (Å²) in [4.78, 5) is 51.9. The van der Waals surface area contributed by atoms with Crippen LogP contribution >= 0.6 is 23.2 Å². The van der Waals surface area contributed by atoms with Crippen molar-refractivity contribution in [2.45, 2.75) is 13.3 Å².